The molecule has 0 aliphatic rings. The maximum absolute atomic E-state index is 10.8. The van der Waals surface area contributed by atoms with Gasteiger partial charge in [-0.25, -0.2) is 0 Å². The Balaban J connectivity index is 2.66. The third kappa shape index (κ3) is 2.85. The molecular weight excluding hydrogens is 180 g/mol. The average Bonchev–Trinajstić information content (AvgIpc) is 2.19. The molecule has 1 aromatic rings. The summed E-state index contributed by atoms with van der Waals surface area (Å²) in [5, 5.41) is 8.51. The third-order valence-corrected chi connectivity index (χ3v) is 1.91. The first-order valence-corrected chi connectivity index (χ1v) is 4.46. The van der Waals surface area contributed by atoms with Gasteiger partial charge in [0.2, 0.25) is 0 Å². The largest absolute Gasteiger partial charge is 0.485 e. The number of hydrogen-bond acceptors (Lipinski definition) is 3. The number of carbonyl (C=O) groups is 1. The number of carbonyl (C=O) groups excluding carboxylic acids is 1. The Morgan fingerprint density at radius 1 is 1.43 bits per heavy atom. The van der Waals surface area contributed by atoms with Gasteiger partial charge in [-0.1, -0.05) is 12.1 Å². The van der Waals surface area contributed by atoms with E-state index in [0.717, 1.165) is 11.1 Å². The molecule has 0 fully saturated rings. The van der Waals surface area contributed by atoms with E-state index in [4.69, 9.17) is 9.84 Å². The van der Waals surface area contributed by atoms with Crippen molar-refractivity contribution in [2.75, 3.05) is 13.2 Å². The summed E-state index contributed by atoms with van der Waals surface area (Å²) in [6.07, 6.45) is 0. The average molecular weight is 194 g/mol. The zero-order chi connectivity index (χ0) is 10.6. The molecule has 3 nitrogen and oxygen atoms in total. The zero-order valence-electron chi connectivity index (χ0n) is 8.41. The summed E-state index contributed by atoms with van der Waals surface area (Å²) in [5.74, 6) is 0.387. The van der Waals surface area contributed by atoms with Gasteiger partial charge in [-0.3, -0.25) is 4.79 Å². The molecule has 1 N–H and O–H groups in total. The van der Waals surface area contributed by atoms with E-state index in [-0.39, 0.29) is 12.4 Å². The van der Waals surface area contributed by atoms with Crippen LogP contribution in [0.3, 0.4) is 0 Å². The van der Waals surface area contributed by atoms with Crippen LogP contribution in [0.1, 0.15) is 11.1 Å². The second kappa shape index (κ2) is 4.77. The van der Waals surface area contributed by atoms with Crippen LogP contribution >= 0.6 is 0 Å². The van der Waals surface area contributed by atoms with E-state index in [1.807, 2.05) is 32.0 Å². The van der Waals surface area contributed by atoms with Crippen molar-refractivity contribution in [3.05, 3.63) is 29.3 Å². The van der Waals surface area contributed by atoms with Gasteiger partial charge in [0.25, 0.3) is 0 Å². The SMILES string of the molecule is Cc1ccc(C)c(OCC(=O)CO)c1. The van der Waals surface area contributed by atoms with Gasteiger partial charge >= 0.3 is 0 Å². The van der Waals surface area contributed by atoms with Crippen molar-refractivity contribution in [1.82, 2.24) is 0 Å². The Kier molecular flexibility index (Phi) is 3.65. The predicted molar refractivity (Wildman–Crippen MR) is 53.5 cm³/mol. The van der Waals surface area contributed by atoms with Gasteiger partial charge in [-0.15, -0.1) is 0 Å². The summed E-state index contributed by atoms with van der Waals surface area (Å²) in [6.45, 7) is 3.34. The van der Waals surface area contributed by atoms with E-state index in [1.54, 1.807) is 0 Å². The van der Waals surface area contributed by atoms with E-state index in [1.165, 1.54) is 0 Å². The van der Waals surface area contributed by atoms with Crippen LogP contribution < -0.4 is 4.74 Å². The number of Topliss-reactive ketones (excluding diaryl/α,β-unsaturated/α-hetero) is 1. The Labute approximate surface area is 83.3 Å². The Hall–Kier alpha value is -1.35. The highest BCUT2D eigenvalue weighted by Crippen LogP contribution is 2.18. The van der Waals surface area contributed by atoms with Crippen molar-refractivity contribution in [2.24, 2.45) is 0 Å². The van der Waals surface area contributed by atoms with Gasteiger partial charge in [0, 0.05) is 0 Å². The van der Waals surface area contributed by atoms with Crippen molar-refractivity contribution in [3.63, 3.8) is 0 Å². The minimum absolute atomic E-state index is 0.0687. The smallest absolute Gasteiger partial charge is 0.195 e. The number of ketones is 1. The van der Waals surface area contributed by atoms with E-state index < -0.39 is 6.61 Å². The van der Waals surface area contributed by atoms with Crippen LogP contribution in [0.25, 0.3) is 0 Å². The van der Waals surface area contributed by atoms with Crippen LogP contribution in [0.2, 0.25) is 0 Å². The second-order valence-electron chi connectivity index (χ2n) is 3.25. The highest BCUT2D eigenvalue weighted by Gasteiger charge is 2.03. The van der Waals surface area contributed by atoms with Gasteiger partial charge < -0.3 is 9.84 Å². The zero-order valence-corrected chi connectivity index (χ0v) is 8.41. The fraction of sp³-hybridized carbons (Fsp3) is 0.364. The Bertz CT molecular complexity index is 331. The number of benzene rings is 1. The molecule has 76 valence electrons. The molecule has 0 aliphatic carbocycles. The minimum atomic E-state index is -0.467. The first kappa shape index (κ1) is 10.7. The molecule has 3 heteroatoms. The van der Waals surface area contributed by atoms with E-state index in [0.29, 0.717) is 5.75 Å². The number of ether oxygens (including phenoxy) is 1. The first-order valence-electron chi connectivity index (χ1n) is 4.46. The number of hydrogen-bond donors (Lipinski definition) is 1. The van der Waals surface area contributed by atoms with Crippen LogP contribution in [0.4, 0.5) is 0 Å². The summed E-state index contributed by atoms with van der Waals surface area (Å²) in [6, 6.07) is 5.80. The molecule has 0 unspecified atom stereocenters. The lowest BCUT2D eigenvalue weighted by atomic mass is 10.1. The monoisotopic (exact) mass is 194 g/mol. The van der Waals surface area contributed by atoms with Gasteiger partial charge in [-0.05, 0) is 31.0 Å². The van der Waals surface area contributed by atoms with Crippen LogP contribution in [-0.2, 0) is 4.79 Å². The lowest BCUT2D eigenvalue weighted by Crippen LogP contribution is -2.15. The number of aryl methyl sites for hydroxylation is 2. The van der Waals surface area contributed by atoms with Crippen molar-refractivity contribution in [1.29, 1.82) is 0 Å². The topological polar surface area (TPSA) is 46.5 Å². The molecule has 0 spiro atoms. The maximum Gasteiger partial charge on any atom is 0.195 e. The molecule has 0 atom stereocenters. The Morgan fingerprint density at radius 3 is 2.79 bits per heavy atom. The third-order valence-electron chi connectivity index (χ3n) is 1.91. The maximum atomic E-state index is 10.8. The van der Waals surface area contributed by atoms with Crippen molar-refractivity contribution < 1.29 is 14.6 Å². The van der Waals surface area contributed by atoms with Crippen LogP contribution in [0.5, 0.6) is 5.75 Å². The Morgan fingerprint density at radius 2 is 2.14 bits per heavy atom. The quantitative estimate of drug-likeness (QED) is 0.784. The summed E-state index contributed by atoms with van der Waals surface area (Å²) >= 11 is 0. The summed E-state index contributed by atoms with van der Waals surface area (Å²) < 4.78 is 5.26. The molecule has 0 aliphatic heterocycles. The molecule has 1 rings (SSSR count). The van der Waals surface area contributed by atoms with Crippen LogP contribution in [-0.4, -0.2) is 24.1 Å². The molecule has 0 aromatic heterocycles. The van der Waals surface area contributed by atoms with E-state index in [9.17, 15) is 4.79 Å². The molecule has 0 radical (unpaired) electrons. The summed E-state index contributed by atoms with van der Waals surface area (Å²) in [4.78, 5) is 10.8. The van der Waals surface area contributed by atoms with Gasteiger partial charge in [0.1, 0.15) is 19.0 Å². The number of aliphatic hydroxyl groups is 1. The molecule has 0 amide bonds. The number of rotatable bonds is 4. The molecule has 0 heterocycles. The minimum Gasteiger partial charge on any atom is -0.485 e. The predicted octanol–water partition coefficient (Wildman–Crippen LogP) is 1.24. The number of aliphatic hydroxyl groups excluding tert-OH is 1. The van der Waals surface area contributed by atoms with Crippen molar-refractivity contribution in [2.45, 2.75) is 13.8 Å². The van der Waals surface area contributed by atoms with Gasteiger partial charge in [-0.2, -0.15) is 0 Å². The van der Waals surface area contributed by atoms with E-state index in [2.05, 4.69) is 0 Å². The molecule has 1 aromatic carbocycles. The van der Waals surface area contributed by atoms with Crippen LogP contribution in [0.15, 0.2) is 18.2 Å². The first-order chi connectivity index (χ1) is 6.63. The molecular formula is C11H14O3. The fourth-order valence-electron chi connectivity index (χ4n) is 1.07. The standard InChI is InChI=1S/C11H14O3/c1-8-3-4-9(2)11(5-8)14-7-10(13)6-12/h3-5,12H,6-7H2,1-2H3. The highest BCUT2D eigenvalue weighted by molar-refractivity contribution is 5.80. The van der Waals surface area contributed by atoms with E-state index >= 15 is 0 Å². The summed E-state index contributed by atoms with van der Waals surface area (Å²) in [5.41, 5.74) is 2.07. The highest BCUT2D eigenvalue weighted by atomic mass is 16.5. The lowest BCUT2D eigenvalue weighted by Gasteiger charge is -2.08. The molecule has 14 heavy (non-hydrogen) atoms. The van der Waals surface area contributed by atoms with Crippen molar-refractivity contribution in [3.8, 4) is 5.75 Å². The molecule has 0 saturated carbocycles. The normalized spacial score (nSPS) is 9.93. The molecule has 0 saturated heterocycles. The van der Waals surface area contributed by atoms with Crippen molar-refractivity contribution >= 4 is 5.78 Å². The van der Waals surface area contributed by atoms with Gasteiger partial charge in [0.15, 0.2) is 5.78 Å². The van der Waals surface area contributed by atoms with Gasteiger partial charge in [0.05, 0.1) is 0 Å². The lowest BCUT2D eigenvalue weighted by molar-refractivity contribution is -0.123. The fourth-order valence-corrected chi connectivity index (χ4v) is 1.07. The van der Waals surface area contributed by atoms with Crippen LogP contribution in [0, 0.1) is 13.8 Å². The summed E-state index contributed by atoms with van der Waals surface area (Å²) in [7, 11) is 0. The second-order valence-corrected chi connectivity index (χ2v) is 3.25. The molecule has 0 bridgehead atoms.